The van der Waals surface area contributed by atoms with Gasteiger partial charge in [0.25, 0.3) is 0 Å². The normalized spacial score (nSPS) is 11.0. The monoisotopic (exact) mass is 345 g/mol. The van der Waals surface area contributed by atoms with Gasteiger partial charge in [0, 0.05) is 0 Å². The molecule has 0 spiro atoms. The minimum absolute atomic E-state index is 0. The van der Waals surface area contributed by atoms with Crippen molar-refractivity contribution in [3.05, 3.63) is 59.7 Å². The molecule has 0 aliphatic heterocycles. The summed E-state index contributed by atoms with van der Waals surface area (Å²) < 4.78 is 43.1. The SMILES string of the molecule is CNCCCc1cccc(Oc2ccc(C(F)(F)F)cc2)c1.Cl. The van der Waals surface area contributed by atoms with Crippen molar-refractivity contribution in [2.24, 2.45) is 0 Å². The highest BCUT2D eigenvalue weighted by atomic mass is 35.5. The lowest BCUT2D eigenvalue weighted by Crippen LogP contribution is -2.08. The number of nitrogens with one attached hydrogen (secondary N) is 1. The van der Waals surface area contributed by atoms with Crippen molar-refractivity contribution >= 4 is 12.4 Å². The highest BCUT2D eigenvalue weighted by molar-refractivity contribution is 5.85. The molecule has 0 radical (unpaired) electrons. The summed E-state index contributed by atoms with van der Waals surface area (Å²) in [7, 11) is 1.91. The van der Waals surface area contributed by atoms with E-state index in [9.17, 15) is 13.2 Å². The highest BCUT2D eigenvalue weighted by Gasteiger charge is 2.30. The molecule has 0 bridgehead atoms. The van der Waals surface area contributed by atoms with Gasteiger partial charge in [-0.25, -0.2) is 0 Å². The van der Waals surface area contributed by atoms with Crippen molar-refractivity contribution in [1.29, 1.82) is 0 Å². The van der Waals surface area contributed by atoms with Crippen LogP contribution in [0.15, 0.2) is 48.5 Å². The van der Waals surface area contributed by atoms with E-state index < -0.39 is 11.7 Å². The van der Waals surface area contributed by atoms with Gasteiger partial charge in [0.1, 0.15) is 11.5 Å². The Labute approximate surface area is 140 Å². The fraction of sp³-hybridized carbons (Fsp3) is 0.294. The van der Waals surface area contributed by atoms with Crippen LogP contribution in [0.5, 0.6) is 11.5 Å². The van der Waals surface area contributed by atoms with Gasteiger partial charge in [-0.2, -0.15) is 13.2 Å². The third kappa shape index (κ3) is 6.12. The van der Waals surface area contributed by atoms with Gasteiger partial charge in [-0.05, 0) is 68.4 Å². The molecule has 0 aliphatic carbocycles. The Morgan fingerprint density at radius 2 is 1.70 bits per heavy atom. The second-order valence-electron chi connectivity index (χ2n) is 4.98. The lowest BCUT2D eigenvalue weighted by molar-refractivity contribution is -0.137. The summed E-state index contributed by atoms with van der Waals surface area (Å²) in [6.07, 6.45) is -2.39. The van der Waals surface area contributed by atoms with E-state index in [1.54, 1.807) is 6.07 Å². The first-order chi connectivity index (χ1) is 10.5. The van der Waals surface area contributed by atoms with Crippen molar-refractivity contribution < 1.29 is 17.9 Å². The first-order valence-corrected chi connectivity index (χ1v) is 7.08. The first kappa shape index (κ1) is 19.3. The fourth-order valence-corrected chi connectivity index (χ4v) is 2.08. The van der Waals surface area contributed by atoms with Crippen molar-refractivity contribution in [3.8, 4) is 11.5 Å². The molecular weight excluding hydrogens is 327 g/mol. The van der Waals surface area contributed by atoms with E-state index in [4.69, 9.17) is 4.74 Å². The number of hydrogen-bond acceptors (Lipinski definition) is 2. The number of benzene rings is 2. The summed E-state index contributed by atoms with van der Waals surface area (Å²) in [4.78, 5) is 0. The molecule has 126 valence electrons. The van der Waals surface area contributed by atoms with Gasteiger partial charge in [-0.1, -0.05) is 12.1 Å². The van der Waals surface area contributed by atoms with Crippen LogP contribution in [-0.4, -0.2) is 13.6 Å². The molecule has 2 aromatic carbocycles. The van der Waals surface area contributed by atoms with E-state index >= 15 is 0 Å². The quantitative estimate of drug-likeness (QED) is 0.738. The Morgan fingerprint density at radius 1 is 1.00 bits per heavy atom. The smallest absolute Gasteiger partial charge is 0.416 e. The van der Waals surface area contributed by atoms with Crippen molar-refractivity contribution in [2.75, 3.05) is 13.6 Å². The molecule has 6 heteroatoms. The minimum Gasteiger partial charge on any atom is -0.457 e. The van der Waals surface area contributed by atoms with Crippen LogP contribution in [0.2, 0.25) is 0 Å². The van der Waals surface area contributed by atoms with Crippen LogP contribution in [-0.2, 0) is 12.6 Å². The van der Waals surface area contributed by atoms with Gasteiger partial charge in [-0.3, -0.25) is 0 Å². The third-order valence-electron chi connectivity index (χ3n) is 3.21. The molecular formula is C17H19ClF3NO. The molecule has 23 heavy (non-hydrogen) atoms. The number of halogens is 4. The fourth-order valence-electron chi connectivity index (χ4n) is 2.08. The Bertz CT molecular complexity index is 600. The number of alkyl halides is 3. The molecule has 2 rings (SSSR count). The maximum absolute atomic E-state index is 12.5. The Hall–Kier alpha value is -1.72. The molecule has 0 atom stereocenters. The largest absolute Gasteiger partial charge is 0.457 e. The molecule has 0 saturated carbocycles. The van der Waals surface area contributed by atoms with Crippen LogP contribution >= 0.6 is 12.4 Å². The second kappa shape index (κ2) is 8.79. The molecule has 1 N–H and O–H groups in total. The van der Waals surface area contributed by atoms with Crippen LogP contribution < -0.4 is 10.1 Å². The van der Waals surface area contributed by atoms with E-state index in [0.717, 1.165) is 37.1 Å². The average molecular weight is 346 g/mol. The van der Waals surface area contributed by atoms with Crippen LogP contribution in [0, 0.1) is 0 Å². The molecule has 2 nitrogen and oxygen atoms in total. The summed E-state index contributed by atoms with van der Waals surface area (Å²) in [5, 5.41) is 3.09. The average Bonchev–Trinajstić information content (AvgIpc) is 2.48. The van der Waals surface area contributed by atoms with E-state index in [1.165, 1.54) is 12.1 Å². The molecule has 0 aliphatic rings. The number of ether oxygens (including phenoxy) is 1. The van der Waals surface area contributed by atoms with Crippen molar-refractivity contribution in [1.82, 2.24) is 5.32 Å². The van der Waals surface area contributed by atoms with Crippen LogP contribution in [0.4, 0.5) is 13.2 Å². The zero-order valence-corrected chi connectivity index (χ0v) is 13.5. The van der Waals surface area contributed by atoms with E-state index in [-0.39, 0.29) is 12.4 Å². The van der Waals surface area contributed by atoms with Crippen molar-refractivity contribution in [3.63, 3.8) is 0 Å². The first-order valence-electron chi connectivity index (χ1n) is 7.08. The molecule has 0 amide bonds. The zero-order valence-electron chi connectivity index (χ0n) is 12.7. The Balaban J connectivity index is 0.00000264. The predicted octanol–water partition coefficient (Wildman–Crippen LogP) is 5.07. The van der Waals surface area contributed by atoms with Crippen LogP contribution in [0.3, 0.4) is 0 Å². The van der Waals surface area contributed by atoms with Gasteiger partial charge in [0.05, 0.1) is 5.56 Å². The van der Waals surface area contributed by atoms with E-state index in [1.807, 2.05) is 25.2 Å². The van der Waals surface area contributed by atoms with E-state index in [2.05, 4.69) is 5.32 Å². The van der Waals surface area contributed by atoms with Crippen LogP contribution in [0.1, 0.15) is 17.5 Å². The Kier molecular flexibility index (Phi) is 7.39. The maximum Gasteiger partial charge on any atom is 0.416 e. The second-order valence-corrected chi connectivity index (χ2v) is 4.98. The van der Waals surface area contributed by atoms with Crippen LogP contribution in [0.25, 0.3) is 0 Å². The zero-order chi connectivity index (χ0) is 16.0. The third-order valence-corrected chi connectivity index (χ3v) is 3.21. The summed E-state index contributed by atoms with van der Waals surface area (Å²) in [5.74, 6) is 1.02. The molecule has 0 aromatic heterocycles. The summed E-state index contributed by atoms with van der Waals surface area (Å²) >= 11 is 0. The lowest BCUT2D eigenvalue weighted by Gasteiger charge is -2.10. The van der Waals surface area contributed by atoms with Gasteiger partial charge in [0.15, 0.2) is 0 Å². The molecule has 0 fully saturated rings. The number of hydrogen-bond donors (Lipinski definition) is 1. The van der Waals surface area contributed by atoms with Gasteiger partial charge in [0.2, 0.25) is 0 Å². The summed E-state index contributed by atoms with van der Waals surface area (Å²) in [5.41, 5.74) is 0.459. The predicted molar refractivity (Wildman–Crippen MR) is 87.5 cm³/mol. The van der Waals surface area contributed by atoms with Gasteiger partial charge < -0.3 is 10.1 Å². The number of aryl methyl sites for hydroxylation is 1. The molecule has 2 aromatic rings. The molecule has 0 saturated heterocycles. The Morgan fingerprint density at radius 3 is 2.30 bits per heavy atom. The highest BCUT2D eigenvalue weighted by Crippen LogP contribution is 2.31. The maximum atomic E-state index is 12.5. The molecule has 0 unspecified atom stereocenters. The van der Waals surface area contributed by atoms with Gasteiger partial charge in [-0.15, -0.1) is 12.4 Å². The standard InChI is InChI=1S/C17H18F3NO.ClH/c1-21-11-3-5-13-4-2-6-16(12-13)22-15-9-7-14(8-10-15)17(18,19)20;/h2,4,6-10,12,21H,3,5,11H2,1H3;1H. The van der Waals surface area contributed by atoms with Crippen molar-refractivity contribution in [2.45, 2.75) is 19.0 Å². The minimum atomic E-state index is -4.33. The van der Waals surface area contributed by atoms with Gasteiger partial charge >= 0.3 is 6.18 Å². The lowest BCUT2D eigenvalue weighted by atomic mass is 10.1. The summed E-state index contributed by atoms with van der Waals surface area (Å²) in [6.45, 7) is 0.935. The van der Waals surface area contributed by atoms with E-state index in [0.29, 0.717) is 11.5 Å². The topological polar surface area (TPSA) is 21.3 Å². The molecule has 0 heterocycles. The summed E-state index contributed by atoms with van der Waals surface area (Å²) in [6, 6.07) is 12.3. The number of rotatable bonds is 6.